The van der Waals surface area contributed by atoms with Crippen molar-refractivity contribution < 1.29 is 41.4 Å². The van der Waals surface area contributed by atoms with Gasteiger partial charge in [0.05, 0.1) is 11.1 Å². The van der Waals surface area contributed by atoms with Crippen molar-refractivity contribution in [2.75, 3.05) is 26.2 Å². The van der Waals surface area contributed by atoms with Gasteiger partial charge in [-0.25, -0.2) is 13.6 Å². The molecule has 0 bridgehead atoms. The van der Waals surface area contributed by atoms with Crippen LogP contribution in [0.25, 0.3) is 0 Å². The third-order valence-electron chi connectivity index (χ3n) is 9.36. The number of carboxylic acids is 1. The van der Waals surface area contributed by atoms with Gasteiger partial charge < -0.3 is 14.7 Å². The lowest BCUT2D eigenvalue weighted by Crippen LogP contribution is -2.44. The van der Waals surface area contributed by atoms with Crippen LogP contribution in [-0.4, -0.2) is 64.7 Å². The van der Waals surface area contributed by atoms with E-state index in [2.05, 4.69) is 0 Å². The fraction of sp³-hybridized carbons (Fsp3) is 0.548. The lowest BCUT2D eigenvalue weighted by molar-refractivity contribution is -0.141. The predicted molar refractivity (Wildman–Crippen MR) is 147 cm³/mol. The van der Waals surface area contributed by atoms with Crippen LogP contribution in [0, 0.1) is 11.2 Å². The quantitative estimate of drug-likeness (QED) is 0.325. The summed E-state index contributed by atoms with van der Waals surface area (Å²) in [5, 5.41) is 9.88. The maximum absolute atomic E-state index is 15.8. The Morgan fingerprint density at radius 3 is 2.37 bits per heavy atom. The van der Waals surface area contributed by atoms with Crippen LogP contribution in [-0.2, 0) is 17.5 Å². The average Bonchev–Trinajstić information content (AvgIpc) is 3.87. The number of halogens is 6. The Labute approximate surface area is 250 Å². The summed E-state index contributed by atoms with van der Waals surface area (Å²) < 4.78 is 76.4. The predicted octanol–water partition coefficient (Wildman–Crippen LogP) is 6.84. The maximum atomic E-state index is 15.8. The van der Waals surface area contributed by atoms with E-state index in [0.29, 0.717) is 24.1 Å². The smallest absolute Gasteiger partial charge is 0.416 e. The molecule has 1 amide bonds. The highest BCUT2D eigenvalue weighted by atomic mass is 35.5. The number of carboxylic acid groups (broad SMARTS) is 1. The number of benzene rings is 2. The second kappa shape index (κ2) is 10.9. The van der Waals surface area contributed by atoms with E-state index in [1.54, 1.807) is 0 Å². The molecule has 2 aliphatic carbocycles. The largest absolute Gasteiger partial charge is 0.490 e. The highest BCUT2D eigenvalue weighted by Gasteiger charge is 2.55. The number of ether oxygens (including phenoxy) is 1. The molecule has 2 heterocycles. The van der Waals surface area contributed by atoms with Crippen LogP contribution in [0.3, 0.4) is 0 Å². The van der Waals surface area contributed by atoms with E-state index < -0.39 is 41.1 Å². The zero-order valence-electron chi connectivity index (χ0n) is 23.4. The van der Waals surface area contributed by atoms with Gasteiger partial charge in [-0.05, 0) is 91.7 Å². The van der Waals surface area contributed by atoms with Crippen molar-refractivity contribution in [1.82, 2.24) is 9.80 Å². The number of likely N-dealkylation sites (tertiary alicyclic amines) is 2. The summed E-state index contributed by atoms with van der Waals surface area (Å²) in [5.74, 6) is -2.39. The Kier molecular flexibility index (Phi) is 7.64. The number of carbonyl (C=O) groups is 2. The summed E-state index contributed by atoms with van der Waals surface area (Å²) in [6, 6.07) is 4.71. The van der Waals surface area contributed by atoms with E-state index in [4.69, 9.17) is 16.3 Å². The Morgan fingerprint density at radius 1 is 1.07 bits per heavy atom. The fourth-order valence-corrected chi connectivity index (χ4v) is 6.51. The molecule has 12 heteroatoms. The zero-order chi connectivity index (χ0) is 30.7. The maximum Gasteiger partial charge on any atom is 0.416 e. The second-order valence-corrected chi connectivity index (χ2v) is 13.1. The van der Waals surface area contributed by atoms with Gasteiger partial charge in [0.15, 0.2) is 0 Å². The number of amides is 1. The van der Waals surface area contributed by atoms with Crippen molar-refractivity contribution in [2.45, 2.75) is 75.3 Å². The van der Waals surface area contributed by atoms with Crippen LogP contribution in [0.5, 0.6) is 5.75 Å². The van der Waals surface area contributed by atoms with E-state index in [9.17, 15) is 27.9 Å². The van der Waals surface area contributed by atoms with Crippen LogP contribution >= 0.6 is 11.6 Å². The number of piperidine rings is 1. The van der Waals surface area contributed by atoms with Crippen LogP contribution in [0.15, 0.2) is 30.3 Å². The molecule has 0 unspecified atom stereocenters. The summed E-state index contributed by atoms with van der Waals surface area (Å²) in [5.41, 5.74) is -1.98. The van der Waals surface area contributed by atoms with E-state index in [1.807, 2.05) is 4.90 Å². The molecule has 2 aliphatic heterocycles. The van der Waals surface area contributed by atoms with Crippen molar-refractivity contribution in [3.05, 3.63) is 63.4 Å². The number of carbonyl (C=O) groups excluding carboxylic acids is 1. The van der Waals surface area contributed by atoms with E-state index in [1.165, 1.54) is 17.0 Å². The number of alkyl halides is 4. The Hall–Kier alpha value is -2.92. The van der Waals surface area contributed by atoms with Gasteiger partial charge in [0.25, 0.3) is 5.91 Å². The molecule has 6 nitrogen and oxygen atoms in total. The van der Waals surface area contributed by atoms with E-state index in [0.717, 1.165) is 43.9 Å². The third kappa shape index (κ3) is 6.34. The van der Waals surface area contributed by atoms with Crippen LogP contribution in [0.4, 0.5) is 22.0 Å². The van der Waals surface area contributed by atoms with Crippen molar-refractivity contribution in [3.63, 3.8) is 0 Å². The first kappa shape index (κ1) is 30.1. The van der Waals surface area contributed by atoms with Gasteiger partial charge in [0.1, 0.15) is 29.9 Å². The SMILES string of the molecule is O=C(O)[C@@H]1CC2(CC2)CN1C(=O)c1cc(C2CC2)c(OCC2(F)CCN(Cc3cc(C(F)(F)F)ccc3Cl)CC2)cc1F. The van der Waals surface area contributed by atoms with E-state index >= 15 is 8.78 Å². The highest BCUT2D eigenvalue weighted by molar-refractivity contribution is 6.31. The Balaban J connectivity index is 1.11. The number of rotatable bonds is 8. The molecular formula is C31H32ClF5N2O4. The minimum absolute atomic E-state index is 0.0420. The standard InChI is InChI=1S/C31H32ClF5N2O4/c32-23-4-3-20(31(35,36)37)11-19(23)15-38-9-7-30(34,8-10-38)17-43-26-13-24(33)22(12-21(26)18-1-2-18)27(40)39-16-29(5-6-29)14-25(39)28(41)42/h3-4,11-13,18,25H,1-2,5-10,14-17H2,(H,41,42)/t25-/m0/s1. The first-order valence-electron chi connectivity index (χ1n) is 14.5. The molecule has 2 saturated heterocycles. The minimum atomic E-state index is -4.49. The van der Waals surface area contributed by atoms with Crippen molar-refractivity contribution in [2.24, 2.45) is 5.41 Å². The molecule has 4 aliphatic rings. The van der Waals surface area contributed by atoms with Gasteiger partial charge in [-0.3, -0.25) is 9.69 Å². The van der Waals surface area contributed by atoms with Gasteiger partial charge in [-0.15, -0.1) is 0 Å². The molecule has 1 atom stereocenters. The number of hydrogen-bond acceptors (Lipinski definition) is 4. The molecule has 0 radical (unpaired) electrons. The highest BCUT2D eigenvalue weighted by Crippen LogP contribution is 2.55. The zero-order valence-corrected chi connectivity index (χ0v) is 24.1. The molecule has 2 aromatic rings. The van der Waals surface area contributed by atoms with Gasteiger partial charge >= 0.3 is 12.1 Å². The lowest BCUT2D eigenvalue weighted by atomic mass is 9.93. The molecule has 6 rings (SSSR count). The van der Waals surface area contributed by atoms with Crippen molar-refractivity contribution in [1.29, 1.82) is 0 Å². The monoisotopic (exact) mass is 626 g/mol. The van der Waals surface area contributed by atoms with Crippen molar-refractivity contribution in [3.8, 4) is 5.75 Å². The Morgan fingerprint density at radius 2 is 1.77 bits per heavy atom. The van der Waals surface area contributed by atoms with Crippen LogP contribution < -0.4 is 4.74 Å². The second-order valence-electron chi connectivity index (χ2n) is 12.7. The fourth-order valence-electron chi connectivity index (χ4n) is 6.33. The van der Waals surface area contributed by atoms with Gasteiger partial charge in [0, 0.05) is 37.3 Å². The molecular weight excluding hydrogens is 595 g/mol. The average molecular weight is 627 g/mol. The summed E-state index contributed by atoms with van der Waals surface area (Å²) in [6.45, 7) is 0.638. The van der Waals surface area contributed by atoms with E-state index in [-0.39, 0.29) is 66.8 Å². The molecule has 1 spiro atoms. The van der Waals surface area contributed by atoms with Crippen LogP contribution in [0.2, 0.25) is 5.02 Å². The summed E-state index contributed by atoms with van der Waals surface area (Å²) in [7, 11) is 0. The first-order chi connectivity index (χ1) is 20.3. The molecule has 43 heavy (non-hydrogen) atoms. The molecule has 0 aromatic heterocycles. The summed E-state index contributed by atoms with van der Waals surface area (Å²) in [4.78, 5) is 28.3. The topological polar surface area (TPSA) is 70.1 Å². The van der Waals surface area contributed by atoms with Crippen molar-refractivity contribution >= 4 is 23.5 Å². The lowest BCUT2D eigenvalue weighted by Gasteiger charge is -2.36. The first-order valence-corrected chi connectivity index (χ1v) is 14.9. The number of nitrogens with zero attached hydrogens (tertiary/aromatic N) is 2. The molecule has 2 saturated carbocycles. The summed E-state index contributed by atoms with van der Waals surface area (Å²) >= 11 is 6.13. The molecule has 4 fully saturated rings. The minimum Gasteiger partial charge on any atom is -0.490 e. The molecule has 232 valence electrons. The molecule has 1 N–H and O–H groups in total. The normalized spacial score (nSPS) is 23.0. The number of hydrogen-bond donors (Lipinski definition) is 1. The molecule has 2 aromatic carbocycles. The Bertz CT molecular complexity index is 1430. The number of aliphatic carboxylic acids is 1. The van der Waals surface area contributed by atoms with Gasteiger partial charge in [-0.1, -0.05) is 11.6 Å². The van der Waals surface area contributed by atoms with Gasteiger partial charge in [-0.2, -0.15) is 13.2 Å². The van der Waals surface area contributed by atoms with Gasteiger partial charge in [0.2, 0.25) is 0 Å². The third-order valence-corrected chi connectivity index (χ3v) is 9.73. The summed E-state index contributed by atoms with van der Waals surface area (Å²) in [6.07, 6.45) is -0.665. The van der Waals surface area contributed by atoms with Crippen LogP contribution in [0.1, 0.15) is 77.9 Å².